The van der Waals surface area contributed by atoms with Crippen LogP contribution < -0.4 is 11.1 Å². The Morgan fingerprint density at radius 3 is 2.58 bits per heavy atom. The molecule has 1 amide bonds. The van der Waals surface area contributed by atoms with Gasteiger partial charge in [0.15, 0.2) is 0 Å². The van der Waals surface area contributed by atoms with Gasteiger partial charge in [-0.3, -0.25) is 4.79 Å². The van der Waals surface area contributed by atoms with Gasteiger partial charge in [0, 0.05) is 17.2 Å². The van der Waals surface area contributed by atoms with Crippen molar-refractivity contribution >= 4 is 17.7 Å². The van der Waals surface area contributed by atoms with Crippen LogP contribution in [0.2, 0.25) is 0 Å². The standard InChI is InChI=1S/C15H24N2OS/c1-4-12(3)14(16)15(18)17-9-10-19-13-7-5-11(2)6-8-13/h5-8,12,14H,4,9-10,16H2,1-3H3,(H,17,18). The first-order valence-corrected chi connectivity index (χ1v) is 7.76. The molecular formula is C15H24N2OS. The van der Waals surface area contributed by atoms with Crippen molar-refractivity contribution in [2.45, 2.75) is 38.1 Å². The van der Waals surface area contributed by atoms with E-state index in [1.165, 1.54) is 10.5 Å². The molecule has 0 bridgehead atoms. The van der Waals surface area contributed by atoms with Crippen molar-refractivity contribution in [3.8, 4) is 0 Å². The Hall–Kier alpha value is -1.00. The quantitative estimate of drug-likeness (QED) is 0.596. The molecular weight excluding hydrogens is 256 g/mol. The lowest BCUT2D eigenvalue weighted by molar-refractivity contribution is -0.123. The van der Waals surface area contributed by atoms with Gasteiger partial charge < -0.3 is 11.1 Å². The molecule has 2 unspecified atom stereocenters. The van der Waals surface area contributed by atoms with Gasteiger partial charge in [0.1, 0.15) is 0 Å². The van der Waals surface area contributed by atoms with Crippen molar-refractivity contribution in [2.75, 3.05) is 12.3 Å². The zero-order valence-corrected chi connectivity index (χ0v) is 12.8. The monoisotopic (exact) mass is 280 g/mol. The van der Waals surface area contributed by atoms with Crippen LogP contribution in [-0.2, 0) is 4.79 Å². The largest absolute Gasteiger partial charge is 0.354 e. The molecule has 0 aliphatic heterocycles. The second-order valence-corrected chi connectivity index (χ2v) is 6.03. The predicted molar refractivity (Wildman–Crippen MR) is 82.3 cm³/mol. The van der Waals surface area contributed by atoms with E-state index in [1.807, 2.05) is 13.8 Å². The number of aryl methyl sites for hydroxylation is 1. The summed E-state index contributed by atoms with van der Waals surface area (Å²) in [6.45, 7) is 6.78. The van der Waals surface area contributed by atoms with E-state index in [0.29, 0.717) is 6.54 Å². The van der Waals surface area contributed by atoms with Gasteiger partial charge in [-0.1, -0.05) is 38.0 Å². The fraction of sp³-hybridized carbons (Fsp3) is 0.533. The first-order chi connectivity index (χ1) is 9.04. The van der Waals surface area contributed by atoms with Crippen LogP contribution in [0.1, 0.15) is 25.8 Å². The number of carbonyl (C=O) groups excluding carboxylic acids is 1. The number of amides is 1. The summed E-state index contributed by atoms with van der Waals surface area (Å²) in [5, 5.41) is 2.89. The Morgan fingerprint density at radius 2 is 2.00 bits per heavy atom. The van der Waals surface area contributed by atoms with E-state index in [4.69, 9.17) is 5.73 Å². The molecule has 0 saturated heterocycles. The van der Waals surface area contributed by atoms with E-state index in [1.54, 1.807) is 11.8 Å². The Balaban J connectivity index is 2.23. The van der Waals surface area contributed by atoms with E-state index < -0.39 is 6.04 Å². The summed E-state index contributed by atoms with van der Waals surface area (Å²) >= 11 is 1.74. The van der Waals surface area contributed by atoms with Crippen molar-refractivity contribution in [2.24, 2.45) is 11.7 Å². The number of benzene rings is 1. The summed E-state index contributed by atoms with van der Waals surface area (Å²) in [7, 11) is 0. The zero-order chi connectivity index (χ0) is 14.3. The normalized spacial score (nSPS) is 13.9. The molecule has 1 rings (SSSR count). The van der Waals surface area contributed by atoms with Gasteiger partial charge in [-0.05, 0) is 25.0 Å². The van der Waals surface area contributed by atoms with Crippen molar-refractivity contribution in [1.29, 1.82) is 0 Å². The van der Waals surface area contributed by atoms with Crippen molar-refractivity contribution in [1.82, 2.24) is 5.32 Å². The fourth-order valence-corrected chi connectivity index (χ4v) is 2.38. The number of hydrogen-bond acceptors (Lipinski definition) is 3. The molecule has 0 aromatic heterocycles. The van der Waals surface area contributed by atoms with Gasteiger partial charge in [0.05, 0.1) is 6.04 Å². The number of nitrogens with two attached hydrogens (primary N) is 1. The van der Waals surface area contributed by atoms with Gasteiger partial charge in [-0.15, -0.1) is 11.8 Å². The third kappa shape index (κ3) is 5.66. The lowest BCUT2D eigenvalue weighted by Gasteiger charge is -2.17. The summed E-state index contributed by atoms with van der Waals surface area (Å²) in [6.07, 6.45) is 0.923. The first-order valence-electron chi connectivity index (χ1n) is 6.77. The lowest BCUT2D eigenvalue weighted by atomic mass is 9.99. The van der Waals surface area contributed by atoms with Crippen LogP contribution in [0.5, 0.6) is 0 Å². The molecule has 2 atom stereocenters. The SMILES string of the molecule is CCC(C)C(N)C(=O)NCCSc1ccc(C)cc1. The van der Waals surface area contributed by atoms with Crippen LogP contribution in [0.25, 0.3) is 0 Å². The summed E-state index contributed by atoms with van der Waals surface area (Å²) < 4.78 is 0. The smallest absolute Gasteiger partial charge is 0.237 e. The lowest BCUT2D eigenvalue weighted by Crippen LogP contribution is -2.45. The maximum atomic E-state index is 11.8. The van der Waals surface area contributed by atoms with Gasteiger partial charge in [-0.2, -0.15) is 0 Å². The molecule has 19 heavy (non-hydrogen) atoms. The summed E-state index contributed by atoms with van der Waals surface area (Å²) in [6, 6.07) is 8.01. The van der Waals surface area contributed by atoms with E-state index in [-0.39, 0.29) is 11.8 Å². The average molecular weight is 280 g/mol. The minimum Gasteiger partial charge on any atom is -0.354 e. The fourth-order valence-electron chi connectivity index (χ4n) is 1.61. The third-order valence-corrected chi connectivity index (χ3v) is 4.26. The third-order valence-electron chi connectivity index (χ3n) is 3.25. The van der Waals surface area contributed by atoms with Crippen molar-refractivity contribution in [3.63, 3.8) is 0 Å². The Labute approximate surface area is 120 Å². The molecule has 0 aliphatic rings. The highest BCUT2D eigenvalue weighted by molar-refractivity contribution is 7.99. The molecule has 1 aromatic carbocycles. The molecule has 0 spiro atoms. The average Bonchev–Trinajstić information content (AvgIpc) is 2.43. The van der Waals surface area contributed by atoms with E-state index in [2.05, 4.69) is 36.5 Å². The number of thioether (sulfide) groups is 1. The number of rotatable bonds is 7. The van der Waals surface area contributed by atoms with E-state index in [9.17, 15) is 4.79 Å². The van der Waals surface area contributed by atoms with Crippen LogP contribution >= 0.6 is 11.8 Å². The minimum absolute atomic E-state index is 0.0427. The van der Waals surface area contributed by atoms with Crippen LogP contribution in [0.15, 0.2) is 29.2 Å². The second kappa shape index (κ2) is 8.23. The topological polar surface area (TPSA) is 55.1 Å². The Kier molecular flexibility index (Phi) is 6.95. The van der Waals surface area contributed by atoms with Crippen molar-refractivity contribution in [3.05, 3.63) is 29.8 Å². The summed E-state index contributed by atoms with van der Waals surface area (Å²) in [5.41, 5.74) is 7.12. The van der Waals surface area contributed by atoms with E-state index >= 15 is 0 Å². The summed E-state index contributed by atoms with van der Waals surface area (Å²) in [5.74, 6) is 1.05. The number of nitrogens with one attached hydrogen (secondary N) is 1. The highest BCUT2D eigenvalue weighted by Gasteiger charge is 2.18. The maximum absolute atomic E-state index is 11.8. The molecule has 106 valence electrons. The highest BCUT2D eigenvalue weighted by atomic mass is 32.2. The van der Waals surface area contributed by atoms with Crippen LogP contribution in [0.4, 0.5) is 0 Å². The van der Waals surface area contributed by atoms with E-state index in [0.717, 1.165) is 12.2 Å². The van der Waals surface area contributed by atoms with Gasteiger partial charge >= 0.3 is 0 Å². The first kappa shape index (κ1) is 16.1. The summed E-state index contributed by atoms with van der Waals surface area (Å²) in [4.78, 5) is 13.0. The molecule has 0 radical (unpaired) electrons. The molecule has 0 fully saturated rings. The Bertz CT molecular complexity index is 392. The molecule has 4 heteroatoms. The van der Waals surface area contributed by atoms with Crippen LogP contribution in [0.3, 0.4) is 0 Å². The van der Waals surface area contributed by atoms with Gasteiger partial charge in [0.2, 0.25) is 5.91 Å². The zero-order valence-electron chi connectivity index (χ0n) is 12.0. The molecule has 3 nitrogen and oxygen atoms in total. The predicted octanol–water partition coefficient (Wildman–Crippen LogP) is 2.58. The molecule has 0 aliphatic carbocycles. The molecule has 0 heterocycles. The number of hydrogen-bond donors (Lipinski definition) is 2. The molecule has 0 saturated carbocycles. The van der Waals surface area contributed by atoms with Crippen molar-refractivity contribution < 1.29 is 4.79 Å². The number of carbonyl (C=O) groups is 1. The Morgan fingerprint density at radius 1 is 1.37 bits per heavy atom. The van der Waals surface area contributed by atoms with Gasteiger partial charge in [0.25, 0.3) is 0 Å². The van der Waals surface area contributed by atoms with Crippen LogP contribution in [-0.4, -0.2) is 24.2 Å². The molecule has 1 aromatic rings. The maximum Gasteiger partial charge on any atom is 0.237 e. The minimum atomic E-state index is -0.394. The van der Waals surface area contributed by atoms with Crippen LogP contribution in [0, 0.1) is 12.8 Å². The second-order valence-electron chi connectivity index (χ2n) is 4.86. The van der Waals surface area contributed by atoms with Gasteiger partial charge in [-0.25, -0.2) is 0 Å². The highest BCUT2D eigenvalue weighted by Crippen LogP contribution is 2.17. The molecule has 3 N–H and O–H groups in total.